The molecule has 0 aromatic heterocycles. The molecule has 3 aliphatic carbocycles. The lowest BCUT2D eigenvalue weighted by Gasteiger charge is -2.66. The minimum Gasteiger partial charge on any atom is -0.508 e. The van der Waals surface area contributed by atoms with E-state index in [1.54, 1.807) is 42.5 Å². The molecule has 2 aliphatic heterocycles. The fraction of sp³-hybridized carbons (Fsp3) is 0.407. The van der Waals surface area contributed by atoms with Crippen LogP contribution in [0.2, 0.25) is 0 Å². The second kappa shape index (κ2) is 7.88. The Morgan fingerprint density at radius 1 is 1.03 bits per heavy atom. The number of carbonyl (C=O) groups is 4. The Kier molecular flexibility index (Phi) is 4.97. The molecule has 3 saturated carbocycles. The van der Waals surface area contributed by atoms with E-state index in [9.17, 15) is 28.7 Å². The van der Waals surface area contributed by atoms with Crippen LogP contribution < -0.4 is 5.32 Å². The summed E-state index contributed by atoms with van der Waals surface area (Å²) in [5, 5.41) is 12.9. The van der Waals surface area contributed by atoms with Crippen LogP contribution in [0.1, 0.15) is 63.9 Å². The lowest BCUT2D eigenvalue weighted by atomic mass is 9.47. The van der Waals surface area contributed by atoms with Crippen molar-refractivity contribution in [3.8, 4) is 5.75 Å². The summed E-state index contributed by atoms with van der Waals surface area (Å²) >= 11 is 0. The fourth-order valence-corrected chi connectivity index (χ4v) is 6.18. The molecule has 8 nitrogen and oxygen atoms in total. The molecule has 2 aromatic rings. The number of nitrogens with zero attached hydrogens (tertiary/aromatic N) is 2. The van der Waals surface area contributed by atoms with Crippen molar-refractivity contribution in [2.24, 2.45) is 0 Å². The van der Waals surface area contributed by atoms with Gasteiger partial charge < -0.3 is 15.3 Å². The number of hydrogen-bond donors (Lipinski definition) is 2. The summed E-state index contributed by atoms with van der Waals surface area (Å²) in [6.45, 7) is 0.314. The maximum absolute atomic E-state index is 14.0. The van der Waals surface area contributed by atoms with Gasteiger partial charge in [-0.05, 0) is 41.8 Å². The Labute approximate surface area is 207 Å². The third kappa shape index (κ3) is 3.56. The van der Waals surface area contributed by atoms with E-state index in [2.05, 4.69) is 5.32 Å². The van der Waals surface area contributed by atoms with E-state index in [0.29, 0.717) is 30.4 Å². The molecule has 5 aliphatic rings. The molecule has 0 radical (unpaired) electrons. The molecule has 36 heavy (non-hydrogen) atoms. The van der Waals surface area contributed by atoms with Crippen molar-refractivity contribution in [2.45, 2.75) is 62.3 Å². The minimum absolute atomic E-state index is 0.0589. The van der Waals surface area contributed by atoms with Crippen LogP contribution in [-0.2, 0) is 22.6 Å². The highest BCUT2D eigenvalue weighted by Gasteiger charge is 2.70. The van der Waals surface area contributed by atoms with Gasteiger partial charge >= 0.3 is 0 Å². The first-order valence-corrected chi connectivity index (χ1v) is 12.2. The van der Waals surface area contributed by atoms with Gasteiger partial charge in [0, 0.05) is 50.7 Å². The molecule has 2 aromatic carbocycles. The summed E-state index contributed by atoms with van der Waals surface area (Å²) in [4.78, 5) is 54.4. The van der Waals surface area contributed by atoms with Crippen molar-refractivity contribution in [2.75, 3.05) is 6.54 Å². The third-order valence-corrected chi connectivity index (χ3v) is 7.95. The second-order valence-electron chi connectivity index (χ2n) is 10.6. The van der Waals surface area contributed by atoms with E-state index in [-0.39, 0.29) is 61.7 Å². The first-order chi connectivity index (χ1) is 17.2. The number of nitrogens with one attached hydrogen (secondary N) is 1. The van der Waals surface area contributed by atoms with Crippen LogP contribution in [0.25, 0.3) is 0 Å². The summed E-state index contributed by atoms with van der Waals surface area (Å²) in [7, 11) is 0. The Bertz CT molecular complexity index is 1270. The van der Waals surface area contributed by atoms with Crippen molar-refractivity contribution in [3.63, 3.8) is 0 Å². The number of phenolic OH excluding ortho intramolecular Hbond substituents is 1. The topological polar surface area (TPSA) is 107 Å². The number of aromatic hydroxyl groups is 1. The normalized spacial score (nSPS) is 27.6. The Morgan fingerprint density at radius 3 is 2.33 bits per heavy atom. The number of fused-ring (bicyclic) bond motifs is 2. The van der Waals surface area contributed by atoms with Crippen molar-refractivity contribution in [1.29, 1.82) is 0 Å². The van der Waals surface area contributed by atoms with E-state index in [0.717, 1.165) is 16.0 Å². The zero-order chi connectivity index (χ0) is 25.2. The van der Waals surface area contributed by atoms with Crippen molar-refractivity contribution in [1.82, 2.24) is 15.1 Å². The first kappa shape index (κ1) is 22.7. The summed E-state index contributed by atoms with van der Waals surface area (Å²) in [6.07, 6.45) is 1.50. The number of hydrogen-bond acceptors (Lipinski definition) is 5. The van der Waals surface area contributed by atoms with Crippen LogP contribution in [0.3, 0.4) is 0 Å². The van der Waals surface area contributed by atoms with Crippen LogP contribution in [0, 0.1) is 0 Å². The van der Waals surface area contributed by atoms with Gasteiger partial charge in [0.2, 0.25) is 11.8 Å². The van der Waals surface area contributed by atoms with Gasteiger partial charge in [-0.1, -0.05) is 18.2 Å². The Balaban J connectivity index is 1.14. The van der Waals surface area contributed by atoms with Gasteiger partial charge in [0.15, 0.2) is 0 Å². The fourth-order valence-electron chi connectivity index (χ4n) is 6.18. The molecule has 1 unspecified atom stereocenters. The number of phenols is 1. The van der Waals surface area contributed by atoms with E-state index in [1.807, 2.05) is 0 Å². The summed E-state index contributed by atoms with van der Waals surface area (Å²) in [6, 6.07) is 10.8. The molecule has 3 fully saturated rings. The molecule has 186 valence electrons. The highest BCUT2D eigenvalue weighted by atomic mass is 19.1. The highest BCUT2D eigenvalue weighted by molar-refractivity contribution is 6.21. The molecule has 7 rings (SSSR count). The standard InChI is InChI=1S/C27H26FN3O5/c28-26-13-27(14-26,15-26)29-23(34)21-11-17-10-18(32)8-7-16(17)12-31(21)22(33)6-3-9-30-24(35)19-4-1-2-5-20(19)25(30)36/h1-2,4-5,7-8,10,21,32H,3,6,9,11-15H2,(H,29,34). The third-order valence-electron chi connectivity index (χ3n) is 7.95. The van der Waals surface area contributed by atoms with Gasteiger partial charge in [0.05, 0.1) is 11.1 Å². The minimum atomic E-state index is -1.15. The molecule has 9 heteroatoms. The quantitative estimate of drug-likeness (QED) is 0.604. The lowest BCUT2D eigenvalue weighted by Crippen LogP contribution is -2.78. The maximum Gasteiger partial charge on any atom is 0.261 e. The number of halogens is 1. The number of benzene rings is 2. The van der Waals surface area contributed by atoms with Gasteiger partial charge in [0.25, 0.3) is 11.8 Å². The van der Waals surface area contributed by atoms with Gasteiger partial charge in [-0.2, -0.15) is 0 Å². The first-order valence-electron chi connectivity index (χ1n) is 12.2. The molecule has 1 atom stereocenters. The van der Waals surface area contributed by atoms with Gasteiger partial charge in [0.1, 0.15) is 17.5 Å². The van der Waals surface area contributed by atoms with E-state index < -0.39 is 17.2 Å². The Morgan fingerprint density at radius 2 is 1.69 bits per heavy atom. The molecule has 4 amide bonds. The van der Waals surface area contributed by atoms with E-state index in [1.165, 1.54) is 4.90 Å². The number of alkyl halides is 1. The molecule has 2 N–H and O–H groups in total. The SMILES string of the molecule is O=C(NC12CC(F)(C1)C2)C1Cc2cc(O)ccc2CN1C(=O)CCCN1C(=O)c2ccccc2C1=O. The zero-order valence-corrected chi connectivity index (χ0v) is 19.6. The van der Waals surface area contributed by atoms with Crippen molar-refractivity contribution >= 4 is 23.6 Å². The predicted octanol–water partition coefficient (Wildman–Crippen LogP) is 2.48. The summed E-state index contributed by atoms with van der Waals surface area (Å²) in [5.41, 5.74) is 0.710. The van der Waals surface area contributed by atoms with E-state index in [4.69, 9.17) is 0 Å². The molecule has 2 heterocycles. The number of carbonyl (C=O) groups excluding carboxylic acids is 4. The lowest BCUT2D eigenvalue weighted by molar-refractivity contribution is -0.178. The predicted molar refractivity (Wildman–Crippen MR) is 126 cm³/mol. The molecule has 2 bridgehead atoms. The maximum atomic E-state index is 14.0. The number of rotatable bonds is 6. The largest absolute Gasteiger partial charge is 0.508 e. The van der Waals surface area contributed by atoms with Crippen LogP contribution in [0.4, 0.5) is 4.39 Å². The van der Waals surface area contributed by atoms with Gasteiger partial charge in [-0.15, -0.1) is 0 Å². The van der Waals surface area contributed by atoms with E-state index >= 15 is 0 Å². The number of imide groups is 1. The van der Waals surface area contributed by atoms with Crippen LogP contribution in [-0.4, -0.2) is 62.3 Å². The molecule has 0 spiro atoms. The molecular weight excluding hydrogens is 465 g/mol. The van der Waals surface area contributed by atoms with Crippen LogP contribution in [0.5, 0.6) is 5.75 Å². The zero-order valence-electron chi connectivity index (χ0n) is 19.6. The second-order valence-corrected chi connectivity index (χ2v) is 10.6. The summed E-state index contributed by atoms with van der Waals surface area (Å²) < 4.78 is 14.0. The molecule has 0 saturated heterocycles. The van der Waals surface area contributed by atoms with Crippen LogP contribution >= 0.6 is 0 Å². The highest BCUT2D eigenvalue weighted by Crippen LogP contribution is 2.63. The smallest absolute Gasteiger partial charge is 0.261 e. The Hall–Kier alpha value is -3.75. The van der Waals surface area contributed by atoms with Crippen LogP contribution in [0.15, 0.2) is 42.5 Å². The van der Waals surface area contributed by atoms with Gasteiger partial charge in [-0.3, -0.25) is 24.1 Å². The van der Waals surface area contributed by atoms with Crippen molar-refractivity contribution < 1.29 is 28.7 Å². The average molecular weight is 492 g/mol. The van der Waals surface area contributed by atoms with Gasteiger partial charge in [-0.25, -0.2) is 4.39 Å². The number of amides is 4. The molecular formula is C27H26FN3O5. The summed E-state index contributed by atoms with van der Waals surface area (Å²) in [5.74, 6) is -1.22. The average Bonchev–Trinajstić information content (AvgIpc) is 3.06. The van der Waals surface area contributed by atoms with Crippen molar-refractivity contribution in [3.05, 3.63) is 64.7 Å². The monoisotopic (exact) mass is 491 g/mol.